The van der Waals surface area contributed by atoms with Gasteiger partial charge in [0.25, 0.3) is 0 Å². The van der Waals surface area contributed by atoms with Crippen molar-refractivity contribution in [2.45, 2.75) is 12.6 Å². The summed E-state index contributed by atoms with van der Waals surface area (Å²) in [7, 11) is 0. The van der Waals surface area contributed by atoms with Crippen molar-refractivity contribution < 1.29 is 4.79 Å². The van der Waals surface area contributed by atoms with Crippen molar-refractivity contribution in [1.29, 1.82) is 0 Å². The van der Waals surface area contributed by atoms with Gasteiger partial charge in [-0.05, 0) is 23.3 Å². The van der Waals surface area contributed by atoms with E-state index in [1.807, 2.05) is 24.4 Å². The highest BCUT2D eigenvalue weighted by Gasteiger charge is 2.25. The van der Waals surface area contributed by atoms with Gasteiger partial charge in [-0.1, -0.05) is 12.1 Å². The number of carbonyl (C=O) groups excluding carboxylic acids is 1. The van der Waals surface area contributed by atoms with E-state index < -0.39 is 0 Å². The highest BCUT2D eigenvalue weighted by atomic mass is 16.2. The highest BCUT2D eigenvalue weighted by molar-refractivity contribution is 5.78. The van der Waals surface area contributed by atoms with E-state index in [0.717, 1.165) is 30.8 Å². The molecule has 0 aromatic carbocycles. The smallest absolute Gasteiger partial charge is 0.234 e. The van der Waals surface area contributed by atoms with Gasteiger partial charge in [0.05, 0.1) is 6.54 Å². The first-order valence-corrected chi connectivity index (χ1v) is 7.83. The number of amides is 1. The molecule has 0 spiro atoms. The van der Waals surface area contributed by atoms with Gasteiger partial charge in [0, 0.05) is 57.0 Å². The molecule has 0 bridgehead atoms. The molecule has 2 N–H and O–H groups in total. The van der Waals surface area contributed by atoms with Gasteiger partial charge in [-0.15, -0.1) is 0 Å². The zero-order chi connectivity index (χ0) is 15.9. The molecule has 120 valence electrons. The summed E-state index contributed by atoms with van der Waals surface area (Å²) in [5, 5.41) is 6.35. The first-order chi connectivity index (χ1) is 11.3. The van der Waals surface area contributed by atoms with E-state index in [1.165, 1.54) is 0 Å². The maximum atomic E-state index is 12.3. The van der Waals surface area contributed by atoms with E-state index in [2.05, 4.69) is 31.6 Å². The van der Waals surface area contributed by atoms with Crippen LogP contribution < -0.4 is 10.6 Å². The molecule has 1 saturated heterocycles. The Hall–Kier alpha value is -2.31. The number of hydrogen-bond donors (Lipinski definition) is 2. The quantitative estimate of drug-likeness (QED) is 0.852. The Labute approximate surface area is 135 Å². The van der Waals surface area contributed by atoms with E-state index in [1.54, 1.807) is 18.6 Å². The second-order valence-electron chi connectivity index (χ2n) is 5.61. The fourth-order valence-electron chi connectivity index (χ4n) is 2.78. The second kappa shape index (κ2) is 7.80. The van der Waals surface area contributed by atoms with Crippen LogP contribution in [0.2, 0.25) is 0 Å². The molecule has 1 amide bonds. The first kappa shape index (κ1) is 15.6. The average Bonchev–Trinajstić information content (AvgIpc) is 2.62. The molecule has 1 aliphatic heterocycles. The van der Waals surface area contributed by atoms with Crippen molar-refractivity contribution in [3.05, 3.63) is 60.2 Å². The van der Waals surface area contributed by atoms with Gasteiger partial charge in [0.2, 0.25) is 5.91 Å². The highest BCUT2D eigenvalue weighted by Crippen LogP contribution is 2.20. The molecule has 1 aliphatic rings. The van der Waals surface area contributed by atoms with Crippen molar-refractivity contribution in [2.24, 2.45) is 0 Å². The maximum Gasteiger partial charge on any atom is 0.234 e. The number of aromatic nitrogens is 2. The molecule has 3 heterocycles. The van der Waals surface area contributed by atoms with Crippen LogP contribution in [0.1, 0.15) is 17.2 Å². The van der Waals surface area contributed by atoms with Gasteiger partial charge in [0.15, 0.2) is 0 Å². The number of rotatable bonds is 5. The van der Waals surface area contributed by atoms with Crippen molar-refractivity contribution >= 4 is 5.91 Å². The van der Waals surface area contributed by atoms with Crippen molar-refractivity contribution in [2.75, 3.05) is 26.2 Å². The van der Waals surface area contributed by atoms with Gasteiger partial charge < -0.3 is 10.6 Å². The molecule has 1 unspecified atom stereocenters. The van der Waals surface area contributed by atoms with Crippen LogP contribution in [0.15, 0.2) is 49.1 Å². The molecule has 1 fully saturated rings. The van der Waals surface area contributed by atoms with Crippen molar-refractivity contribution in [1.82, 2.24) is 25.5 Å². The predicted octanol–water partition coefficient (Wildman–Crippen LogP) is 0.739. The molecule has 6 nitrogen and oxygen atoms in total. The molecule has 0 aliphatic carbocycles. The fourth-order valence-corrected chi connectivity index (χ4v) is 2.78. The normalized spacial score (nSPS) is 18.5. The van der Waals surface area contributed by atoms with E-state index in [0.29, 0.717) is 13.1 Å². The summed E-state index contributed by atoms with van der Waals surface area (Å²) in [5.74, 6) is 0.0321. The van der Waals surface area contributed by atoms with Crippen LogP contribution in [0, 0.1) is 0 Å². The van der Waals surface area contributed by atoms with Crippen molar-refractivity contribution in [3.63, 3.8) is 0 Å². The number of nitrogens with zero attached hydrogens (tertiary/aromatic N) is 3. The van der Waals surface area contributed by atoms with E-state index in [4.69, 9.17) is 0 Å². The Morgan fingerprint density at radius 2 is 2.09 bits per heavy atom. The van der Waals surface area contributed by atoms with Gasteiger partial charge >= 0.3 is 0 Å². The molecule has 3 rings (SSSR count). The minimum Gasteiger partial charge on any atom is -0.351 e. The second-order valence-corrected chi connectivity index (χ2v) is 5.61. The van der Waals surface area contributed by atoms with E-state index >= 15 is 0 Å². The Morgan fingerprint density at radius 1 is 1.26 bits per heavy atom. The zero-order valence-corrected chi connectivity index (χ0v) is 13.0. The summed E-state index contributed by atoms with van der Waals surface area (Å²) >= 11 is 0. The summed E-state index contributed by atoms with van der Waals surface area (Å²) < 4.78 is 0. The minimum atomic E-state index is 0.0321. The van der Waals surface area contributed by atoms with Crippen LogP contribution in [0.5, 0.6) is 0 Å². The van der Waals surface area contributed by atoms with Crippen LogP contribution in [-0.4, -0.2) is 47.0 Å². The van der Waals surface area contributed by atoms with Crippen LogP contribution in [0.3, 0.4) is 0 Å². The molecule has 2 aromatic rings. The van der Waals surface area contributed by atoms with Crippen LogP contribution in [0.4, 0.5) is 0 Å². The van der Waals surface area contributed by atoms with Gasteiger partial charge in [0.1, 0.15) is 0 Å². The summed E-state index contributed by atoms with van der Waals surface area (Å²) in [4.78, 5) is 22.7. The number of carbonyl (C=O) groups is 1. The summed E-state index contributed by atoms with van der Waals surface area (Å²) in [6.45, 7) is 3.48. The first-order valence-electron chi connectivity index (χ1n) is 7.83. The van der Waals surface area contributed by atoms with Crippen LogP contribution >= 0.6 is 0 Å². The Balaban J connectivity index is 1.57. The fraction of sp³-hybridized carbons (Fsp3) is 0.353. The van der Waals surface area contributed by atoms with Crippen LogP contribution in [-0.2, 0) is 11.3 Å². The third kappa shape index (κ3) is 4.34. The molecule has 1 atom stereocenters. The number of pyridine rings is 2. The van der Waals surface area contributed by atoms with E-state index in [-0.39, 0.29) is 11.9 Å². The number of piperazine rings is 1. The Kier molecular flexibility index (Phi) is 5.29. The van der Waals surface area contributed by atoms with Gasteiger partial charge in [-0.3, -0.25) is 19.7 Å². The van der Waals surface area contributed by atoms with Crippen molar-refractivity contribution in [3.8, 4) is 0 Å². The monoisotopic (exact) mass is 311 g/mol. The Bertz CT molecular complexity index is 619. The molecule has 23 heavy (non-hydrogen) atoms. The molecular formula is C17H21N5O. The lowest BCUT2D eigenvalue weighted by Crippen LogP contribution is -2.49. The standard InChI is InChI=1S/C17H21N5O/c23-17(21-10-14-3-1-5-18-9-14)13-22-8-7-20-12-16(22)15-4-2-6-19-11-15/h1-6,9,11,16,20H,7-8,10,12-13H2,(H,21,23). The van der Waals surface area contributed by atoms with Gasteiger partial charge in [-0.2, -0.15) is 0 Å². The zero-order valence-electron chi connectivity index (χ0n) is 13.0. The summed E-state index contributed by atoms with van der Waals surface area (Å²) in [6, 6.07) is 8.00. The molecule has 2 aromatic heterocycles. The van der Waals surface area contributed by atoms with Crippen LogP contribution in [0.25, 0.3) is 0 Å². The summed E-state index contributed by atoms with van der Waals surface area (Å²) in [6.07, 6.45) is 7.14. The molecule has 0 saturated carbocycles. The summed E-state index contributed by atoms with van der Waals surface area (Å²) in [5.41, 5.74) is 2.14. The average molecular weight is 311 g/mol. The lowest BCUT2D eigenvalue weighted by Gasteiger charge is -2.35. The predicted molar refractivity (Wildman–Crippen MR) is 87.5 cm³/mol. The lowest BCUT2D eigenvalue weighted by atomic mass is 10.1. The minimum absolute atomic E-state index is 0.0321. The third-order valence-corrected chi connectivity index (χ3v) is 3.98. The molecule has 6 heteroatoms. The SMILES string of the molecule is O=C(CN1CCNCC1c1cccnc1)NCc1cccnc1. The lowest BCUT2D eigenvalue weighted by molar-refractivity contribution is -0.123. The topological polar surface area (TPSA) is 70.2 Å². The number of nitrogens with one attached hydrogen (secondary N) is 2. The maximum absolute atomic E-state index is 12.3. The van der Waals surface area contributed by atoms with E-state index in [9.17, 15) is 4.79 Å². The molecule has 0 radical (unpaired) electrons. The number of hydrogen-bond acceptors (Lipinski definition) is 5. The van der Waals surface area contributed by atoms with Gasteiger partial charge in [-0.25, -0.2) is 0 Å². The largest absolute Gasteiger partial charge is 0.351 e. The molecular weight excluding hydrogens is 290 g/mol. The Morgan fingerprint density at radius 3 is 2.83 bits per heavy atom. The third-order valence-electron chi connectivity index (χ3n) is 3.98.